The van der Waals surface area contributed by atoms with Crippen LogP contribution in [0.4, 0.5) is 34.9 Å². The molecule has 658 valence electrons. The molecule has 0 bridgehead atoms. The van der Waals surface area contributed by atoms with Crippen molar-refractivity contribution in [3.05, 3.63) is 249 Å². The summed E-state index contributed by atoms with van der Waals surface area (Å²) in [6, 6.07) is 43.4. The average molecular weight is 1700 g/mol. The van der Waals surface area contributed by atoms with Crippen LogP contribution < -0.4 is 32.6 Å². The number of allylic oxidation sites excluding steroid dienone is 3. The van der Waals surface area contributed by atoms with Crippen molar-refractivity contribution in [1.82, 2.24) is 92.5 Å². The number of nitrogens with zero attached hydrogens (tertiary/aromatic N) is 19. The van der Waals surface area contributed by atoms with Crippen LogP contribution in [-0.4, -0.2) is 212 Å². The highest BCUT2D eigenvalue weighted by Crippen LogP contribution is 2.40. The summed E-state index contributed by atoms with van der Waals surface area (Å²) in [5, 5.41) is 52.1. The summed E-state index contributed by atoms with van der Waals surface area (Å²) in [7, 11) is 8.65. The fourth-order valence-corrected chi connectivity index (χ4v) is 17.8. The summed E-state index contributed by atoms with van der Waals surface area (Å²) < 4.78 is 14.7. The maximum Gasteiger partial charge on any atom is 0.278 e. The highest BCUT2D eigenvalue weighted by Gasteiger charge is 2.40. The number of aliphatic hydroxyl groups is 4. The Morgan fingerprint density at radius 3 is 1.17 bits per heavy atom. The van der Waals surface area contributed by atoms with Gasteiger partial charge in [0.25, 0.3) is 16.7 Å². The van der Waals surface area contributed by atoms with E-state index in [0.29, 0.717) is 115 Å². The predicted molar refractivity (Wildman–Crippen MR) is 492 cm³/mol. The number of hydrogen-bond donors (Lipinski definition) is 7. The van der Waals surface area contributed by atoms with Gasteiger partial charge in [-0.3, -0.25) is 19.3 Å². The van der Waals surface area contributed by atoms with Crippen molar-refractivity contribution in [3.8, 4) is 17.5 Å². The Morgan fingerprint density at radius 2 is 0.832 bits per heavy atom. The van der Waals surface area contributed by atoms with Gasteiger partial charge >= 0.3 is 0 Å². The van der Waals surface area contributed by atoms with E-state index < -0.39 is 16.8 Å². The van der Waals surface area contributed by atoms with Crippen molar-refractivity contribution in [3.63, 3.8) is 0 Å². The molecule has 11 heterocycles. The molecule has 3 aliphatic carbocycles. The molecule has 0 atom stereocenters. The van der Waals surface area contributed by atoms with E-state index in [1.54, 1.807) is 115 Å². The largest absolute Gasteiger partial charge is 0.395 e. The van der Waals surface area contributed by atoms with Crippen LogP contribution in [0, 0.1) is 0 Å². The Bertz CT molecular complexity index is 5920. The van der Waals surface area contributed by atoms with Gasteiger partial charge < -0.3 is 55.8 Å². The lowest BCUT2D eigenvalue weighted by Gasteiger charge is -2.41. The quantitative estimate of drug-likeness (QED) is 0.0248. The van der Waals surface area contributed by atoms with E-state index in [9.17, 15) is 34.8 Å². The molecule has 2 aliphatic heterocycles. The SMILES string of the molecule is C.C=CCn1c(=O)c2cnc(Nc3ccc(C4CCC(N(C)C)CC4)cc3)nc2n1-c1cccc(C2(O)COC2)n1.C=CCn1c(=O)c2cnc(Nc3ccc(C4CCC(N(C)CCO)CC4)cc3)nc2n1-c1cccc(C(C)(C)O)n1.C=CCn1c(=O)c2cnc(Nc3ccc(C4CCC(N5CCN(C)CC5)CC4)cc3)nc2n1-c1cccc(C(C)(C)O)n1. The van der Waals surface area contributed by atoms with E-state index >= 15 is 0 Å². The van der Waals surface area contributed by atoms with Crippen LogP contribution in [0.5, 0.6) is 0 Å². The second-order valence-corrected chi connectivity index (χ2v) is 34.8. The first kappa shape index (κ1) is 89.7. The maximum absolute atomic E-state index is 13.3. The minimum atomic E-state index is -1.15. The highest BCUT2D eigenvalue weighted by molar-refractivity contribution is 5.79. The number of nitrogens with one attached hydrogen (secondary N) is 3. The van der Waals surface area contributed by atoms with Crippen LogP contribution in [0.1, 0.15) is 164 Å². The summed E-state index contributed by atoms with van der Waals surface area (Å²) >= 11 is 0. The molecule has 125 heavy (non-hydrogen) atoms. The Balaban J connectivity index is 0.000000152. The maximum atomic E-state index is 13.3. The molecule has 5 aliphatic rings. The molecule has 2 saturated heterocycles. The van der Waals surface area contributed by atoms with E-state index in [1.807, 2.05) is 18.2 Å². The molecule has 0 amide bonds. The zero-order chi connectivity index (χ0) is 87.1. The highest BCUT2D eigenvalue weighted by atomic mass is 16.5. The monoisotopic (exact) mass is 1700 g/mol. The van der Waals surface area contributed by atoms with Gasteiger partial charge in [-0.05, 0) is 240 Å². The van der Waals surface area contributed by atoms with Crippen molar-refractivity contribution in [1.29, 1.82) is 0 Å². The number of benzene rings is 3. The average Bonchev–Trinajstić information content (AvgIpc) is 1.62. The summed E-state index contributed by atoms with van der Waals surface area (Å²) in [5.41, 5.74) is 5.24. The first-order valence-corrected chi connectivity index (χ1v) is 43.2. The summed E-state index contributed by atoms with van der Waals surface area (Å²) in [5.74, 6) is 4.23. The van der Waals surface area contributed by atoms with Gasteiger partial charge in [-0.1, -0.05) is 80.3 Å². The third kappa shape index (κ3) is 20.1. The number of fused-ring (bicyclic) bond motifs is 3. The van der Waals surface area contributed by atoms with Crippen LogP contribution in [0.3, 0.4) is 0 Å². The number of aromatic nitrogens is 15. The lowest BCUT2D eigenvalue weighted by atomic mass is 9.81. The Labute approximate surface area is 729 Å². The fourth-order valence-electron chi connectivity index (χ4n) is 17.8. The van der Waals surface area contributed by atoms with Crippen LogP contribution in [-0.2, 0) is 41.2 Å². The number of likely N-dealkylation sites (N-methyl/N-ethyl adjacent to an activating group) is 2. The van der Waals surface area contributed by atoms with Gasteiger partial charge in [-0.25, -0.2) is 58.0 Å². The molecule has 12 aromatic rings. The molecule has 30 heteroatoms. The Hall–Kier alpha value is -11.6. The second-order valence-electron chi connectivity index (χ2n) is 34.8. The van der Waals surface area contributed by atoms with Gasteiger partial charge in [-0.2, -0.15) is 15.0 Å². The molecule has 7 N–H and O–H groups in total. The van der Waals surface area contributed by atoms with Gasteiger partial charge in [0.1, 0.15) is 27.4 Å². The topological polar surface area (TPSA) is 336 Å². The van der Waals surface area contributed by atoms with Gasteiger partial charge in [0.2, 0.25) is 17.8 Å². The number of pyridine rings is 3. The molecule has 9 aromatic heterocycles. The molecule has 0 unspecified atom stereocenters. The van der Waals surface area contributed by atoms with Gasteiger partial charge in [0.05, 0.1) is 56.5 Å². The number of ether oxygens (including phenoxy) is 1. The number of hydrogen-bond acceptors (Lipinski definition) is 24. The molecule has 3 aromatic carbocycles. The number of piperazine rings is 1. The van der Waals surface area contributed by atoms with E-state index in [1.165, 1.54) is 121 Å². The Morgan fingerprint density at radius 1 is 0.480 bits per heavy atom. The summed E-state index contributed by atoms with van der Waals surface area (Å²) in [4.78, 5) is 91.0. The van der Waals surface area contributed by atoms with Crippen molar-refractivity contribution in [2.75, 3.05) is 96.7 Å². The van der Waals surface area contributed by atoms with Gasteiger partial charge in [0.15, 0.2) is 40.0 Å². The molecule has 0 radical (unpaired) electrons. The summed E-state index contributed by atoms with van der Waals surface area (Å²) in [6.45, 7) is 24.9. The van der Waals surface area contributed by atoms with Crippen molar-refractivity contribution < 1.29 is 25.2 Å². The third-order valence-corrected chi connectivity index (χ3v) is 25.1. The fraction of sp³-hybridized carbons (Fsp3) is 0.432. The van der Waals surface area contributed by atoms with Crippen LogP contribution in [0.2, 0.25) is 0 Å². The van der Waals surface area contributed by atoms with Gasteiger partial charge in [0, 0.05) is 86.5 Å². The van der Waals surface area contributed by atoms with Crippen molar-refractivity contribution in [2.24, 2.45) is 0 Å². The number of aliphatic hydroxyl groups excluding tert-OH is 1. The second kappa shape index (κ2) is 38.9. The zero-order valence-corrected chi connectivity index (χ0v) is 72.4. The minimum absolute atomic E-state index is 0. The molecule has 30 nitrogen and oxygen atoms in total. The standard InChI is InChI=1S/C33H42N8O2.C31H39N7O3.C30H35N7O3.CH4/c1-5-17-40-31(42)27-22-34-32(37-30(27)41(40)29-8-6-7-28(36-29)33(2,3)43)35-25-13-9-23(10-14-25)24-11-15-26(16-12-24)39-20-18-38(4)19-21-39;1-5-17-37-29(40)25-20-32-30(35-28(25)38(37)27-8-6-7-26(34-27)31(2,3)41)33-23-13-9-21(10-14-23)22-11-15-24(16-12-22)36(4)18-19-39;1-4-16-36-28(38)24-17-31-29(32-22-12-8-20(9-13-22)21-10-14-23(15-11-21)35(2)3)34-27(24)37(36)26-7-5-6-25(33-26)30(39)18-40-19-30;/h5-10,13-14,22,24,26,43H,1,11-12,15-21H2,2-4H3,(H,34,35,37);5-10,13-14,20,22,24,39,41H,1,11-12,15-19H2,2-4H3,(H,32,33,35);4-9,12-13,17,21,23,39H,1,10-11,14-16,18-19H2,2-3H3,(H,31,32,34);1H4. The summed E-state index contributed by atoms with van der Waals surface area (Å²) in [6.07, 6.45) is 24.0. The van der Waals surface area contributed by atoms with Crippen LogP contribution >= 0.6 is 0 Å². The van der Waals surface area contributed by atoms with E-state index in [0.717, 1.165) is 55.3 Å². The molecule has 17 rings (SSSR count). The van der Waals surface area contributed by atoms with Crippen LogP contribution in [0.25, 0.3) is 50.6 Å². The van der Waals surface area contributed by atoms with E-state index in [4.69, 9.17) is 19.7 Å². The molecule has 3 saturated carbocycles. The van der Waals surface area contributed by atoms with E-state index in [2.05, 4.69) is 174 Å². The van der Waals surface area contributed by atoms with Crippen molar-refractivity contribution in [2.45, 2.75) is 184 Å². The van der Waals surface area contributed by atoms with Crippen LogP contribution in [0.15, 0.2) is 198 Å². The normalized spacial score (nSPS) is 19.3. The van der Waals surface area contributed by atoms with E-state index in [-0.39, 0.29) is 63.6 Å². The third-order valence-electron chi connectivity index (χ3n) is 25.1. The first-order chi connectivity index (χ1) is 59.8. The predicted octanol–water partition coefficient (Wildman–Crippen LogP) is 12.8. The molecular weight excluding hydrogens is 1580 g/mol. The zero-order valence-electron chi connectivity index (χ0n) is 72.4. The number of anilines is 6. The lowest BCUT2D eigenvalue weighted by molar-refractivity contribution is -0.186. The first-order valence-electron chi connectivity index (χ1n) is 43.2. The smallest absolute Gasteiger partial charge is 0.278 e. The lowest BCUT2D eigenvalue weighted by Crippen LogP contribution is -2.49. The molecular formula is C95H120N22O8. The Kier molecular flexibility index (Phi) is 27.9. The van der Waals surface area contributed by atoms with Crippen molar-refractivity contribution >= 4 is 68.0 Å². The number of rotatable bonds is 26. The minimum Gasteiger partial charge on any atom is -0.395 e. The molecule has 0 spiro atoms. The van der Waals surface area contributed by atoms with Gasteiger partial charge in [-0.15, -0.1) is 19.7 Å². The molecule has 5 fully saturated rings.